The summed E-state index contributed by atoms with van der Waals surface area (Å²) in [6, 6.07) is 15.0. The molecule has 0 atom stereocenters. The van der Waals surface area contributed by atoms with Gasteiger partial charge in [0.15, 0.2) is 6.79 Å². The lowest BCUT2D eigenvalue weighted by atomic mass is 10.1. The Bertz CT molecular complexity index is 1200. The maximum Gasteiger partial charge on any atom is 0.288 e. The molecule has 0 fully saturated rings. The van der Waals surface area contributed by atoms with Gasteiger partial charge in [-0.2, -0.15) is 0 Å². The Morgan fingerprint density at radius 2 is 2.00 bits per heavy atom. The van der Waals surface area contributed by atoms with Crippen LogP contribution in [0.5, 0.6) is 5.75 Å². The molecular weight excluding hydrogens is 475 g/mol. The number of ether oxygens (including phenoxy) is 2. The molecular formula is C22H16Cl2N2O5S. The Morgan fingerprint density at radius 3 is 2.81 bits per heavy atom. The van der Waals surface area contributed by atoms with Crippen LogP contribution in [0, 0.1) is 10.1 Å². The lowest BCUT2D eigenvalue weighted by molar-refractivity contribution is -0.384. The average molecular weight is 491 g/mol. The third kappa shape index (κ3) is 5.16. The van der Waals surface area contributed by atoms with Crippen LogP contribution in [0.2, 0.25) is 10.0 Å². The summed E-state index contributed by atoms with van der Waals surface area (Å²) >= 11 is 13.6. The number of nitro benzene ring substituents is 1. The second-order valence-corrected chi connectivity index (χ2v) is 8.75. The van der Waals surface area contributed by atoms with Crippen molar-refractivity contribution in [1.29, 1.82) is 0 Å². The molecule has 164 valence electrons. The first-order valence-electron chi connectivity index (χ1n) is 9.41. The molecule has 1 N–H and O–H groups in total. The molecule has 1 aliphatic rings. The lowest BCUT2D eigenvalue weighted by Crippen LogP contribution is -2.13. The van der Waals surface area contributed by atoms with E-state index in [1.54, 1.807) is 17.8 Å². The standard InChI is InChI=1S/C22H16Cl2N2O5S/c23-16-6-14-10-30-12-31-21(14)15(7-16)11-32-18-3-1-2-17(9-18)25-22(27)13-4-5-19(24)20(8-13)26(28)29/h1-9H,10-12H2,(H,25,27). The van der Waals surface area contributed by atoms with Crippen molar-refractivity contribution in [2.75, 3.05) is 12.1 Å². The largest absolute Gasteiger partial charge is 0.467 e. The van der Waals surface area contributed by atoms with Gasteiger partial charge in [0.1, 0.15) is 10.8 Å². The second kappa shape index (κ2) is 9.79. The summed E-state index contributed by atoms with van der Waals surface area (Å²) in [5.41, 5.74) is 2.27. The van der Waals surface area contributed by atoms with Crippen molar-refractivity contribution < 1.29 is 19.2 Å². The van der Waals surface area contributed by atoms with Crippen LogP contribution in [0.3, 0.4) is 0 Å². The van der Waals surface area contributed by atoms with Gasteiger partial charge >= 0.3 is 0 Å². The highest BCUT2D eigenvalue weighted by atomic mass is 35.5. The van der Waals surface area contributed by atoms with E-state index in [4.69, 9.17) is 32.7 Å². The summed E-state index contributed by atoms with van der Waals surface area (Å²) in [5.74, 6) is 0.940. The third-order valence-corrected chi connectivity index (χ3v) is 6.22. The van der Waals surface area contributed by atoms with E-state index in [9.17, 15) is 14.9 Å². The highest BCUT2D eigenvalue weighted by Crippen LogP contribution is 2.36. The molecule has 4 rings (SSSR count). The van der Waals surface area contributed by atoms with Gasteiger partial charge in [0.25, 0.3) is 11.6 Å². The van der Waals surface area contributed by atoms with Gasteiger partial charge in [0, 0.05) is 44.1 Å². The fraction of sp³-hybridized carbons (Fsp3) is 0.136. The summed E-state index contributed by atoms with van der Waals surface area (Å²) in [4.78, 5) is 23.9. The van der Waals surface area contributed by atoms with E-state index in [1.165, 1.54) is 12.1 Å². The second-order valence-electron chi connectivity index (χ2n) is 6.86. The van der Waals surface area contributed by atoms with E-state index < -0.39 is 10.8 Å². The molecule has 10 heteroatoms. The molecule has 3 aromatic rings. The van der Waals surface area contributed by atoms with Crippen LogP contribution in [0.25, 0.3) is 0 Å². The number of benzene rings is 3. The monoisotopic (exact) mass is 490 g/mol. The van der Waals surface area contributed by atoms with Gasteiger partial charge < -0.3 is 14.8 Å². The summed E-state index contributed by atoms with van der Waals surface area (Å²) in [7, 11) is 0. The Morgan fingerprint density at radius 1 is 1.16 bits per heavy atom. The number of carbonyl (C=O) groups excluding carboxylic acids is 1. The highest BCUT2D eigenvalue weighted by molar-refractivity contribution is 7.98. The zero-order valence-corrected chi connectivity index (χ0v) is 18.8. The number of nitrogens with one attached hydrogen (secondary N) is 1. The minimum absolute atomic E-state index is 0.0244. The number of nitro groups is 1. The Balaban J connectivity index is 1.47. The number of thioether (sulfide) groups is 1. The van der Waals surface area contributed by atoms with Gasteiger partial charge in [0.2, 0.25) is 0 Å². The van der Waals surface area contributed by atoms with Crippen molar-refractivity contribution in [1.82, 2.24) is 0 Å². The molecule has 1 aliphatic heterocycles. The SMILES string of the molecule is O=C(Nc1cccc(SCc2cc(Cl)cc3c2OCOC3)c1)c1ccc(Cl)c([N+](=O)[O-])c1. The van der Waals surface area contributed by atoms with Gasteiger partial charge in [-0.15, -0.1) is 11.8 Å². The van der Waals surface area contributed by atoms with Crippen LogP contribution in [0.4, 0.5) is 11.4 Å². The third-order valence-electron chi connectivity index (χ3n) is 4.64. The first-order valence-corrected chi connectivity index (χ1v) is 11.1. The molecule has 0 unspecified atom stereocenters. The fourth-order valence-corrected chi connectivity index (χ4v) is 4.56. The quantitative estimate of drug-likeness (QED) is 0.247. The molecule has 0 saturated carbocycles. The van der Waals surface area contributed by atoms with Gasteiger partial charge in [-0.3, -0.25) is 14.9 Å². The molecule has 0 spiro atoms. The smallest absolute Gasteiger partial charge is 0.288 e. The van der Waals surface area contributed by atoms with Crippen molar-refractivity contribution >= 4 is 52.2 Å². The molecule has 3 aromatic carbocycles. The summed E-state index contributed by atoms with van der Waals surface area (Å²) in [6.07, 6.45) is 0. The zero-order chi connectivity index (χ0) is 22.7. The maximum atomic E-state index is 12.6. The van der Waals surface area contributed by atoms with Crippen LogP contribution in [0.1, 0.15) is 21.5 Å². The minimum atomic E-state index is -0.624. The highest BCUT2D eigenvalue weighted by Gasteiger charge is 2.18. The van der Waals surface area contributed by atoms with E-state index in [1.807, 2.05) is 30.3 Å². The first-order chi connectivity index (χ1) is 15.4. The van der Waals surface area contributed by atoms with Crippen molar-refractivity contribution in [2.24, 2.45) is 0 Å². The molecule has 7 nitrogen and oxygen atoms in total. The maximum absolute atomic E-state index is 12.6. The van der Waals surface area contributed by atoms with Crippen LogP contribution < -0.4 is 10.1 Å². The molecule has 0 aliphatic carbocycles. The number of halogens is 2. The van der Waals surface area contributed by atoms with E-state index in [0.717, 1.165) is 27.8 Å². The molecule has 1 amide bonds. The number of nitrogens with zero attached hydrogens (tertiary/aromatic N) is 1. The number of amides is 1. The normalized spacial score (nSPS) is 12.6. The van der Waals surface area contributed by atoms with Crippen molar-refractivity contribution in [3.63, 3.8) is 0 Å². The number of hydrogen-bond acceptors (Lipinski definition) is 6. The number of fused-ring (bicyclic) bond motifs is 1. The van der Waals surface area contributed by atoms with Gasteiger partial charge in [-0.25, -0.2) is 0 Å². The van der Waals surface area contributed by atoms with E-state index in [2.05, 4.69) is 5.32 Å². The molecule has 0 aromatic heterocycles. The number of carbonyl (C=O) groups is 1. The fourth-order valence-electron chi connectivity index (χ4n) is 3.19. The number of anilines is 1. The topological polar surface area (TPSA) is 90.7 Å². The molecule has 0 radical (unpaired) electrons. The molecule has 0 saturated heterocycles. The van der Waals surface area contributed by atoms with Crippen molar-refractivity contribution in [2.45, 2.75) is 17.3 Å². The van der Waals surface area contributed by atoms with Crippen LogP contribution in [-0.2, 0) is 17.1 Å². The molecule has 0 bridgehead atoms. The van der Waals surface area contributed by atoms with E-state index >= 15 is 0 Å². The van der Waals surface area contributed by atoms with Crippen LogP contribution in [-0.4, -0.2) is 17.6 Å². The van der Waals surface area contributed by atoms with Gasteiger partial charge in [-0.1, -0.05) is 29.3 Å². The Labute approximate surface area is 197 Å². The predicted molar refractivity (Wildman–Crippen MR) is 124 cm³/mol. The van der Waals surface area contributed by atoms with Crippen LogP contribution in [0.15, 0.2) is 59.5 Å². The lowest BCUT2D eigenvalue weighted by Gasteiger charge is -2.21. The first kappa shape index (κ1) is 22.4. The van der Waals surface area contributed by atoms with Gasteiger partial charge in [0.05, 0.1) is 11.5 Å². The van der Waals surface area contributed by atoms with E-state index in [-0.39, 0.29) is 23.1 Å². The Hall–Kier alpha value is -2.78. The predicted octanol–water partition coefficient (Wildman–Crippen LogP) is 6.31. The van der Waals surface area contributed by atoms with Crippen LogP contribution >= 0.6 is 35.0 Å². The van der Waals surface area contributed by atoms with E-state index in [0.29, 0.717) is 23.1 Å². The summed E-state index contributed by atoms with van der Waals surface area (Å²) in [5, 5.41) is 14.4. The molecule has 32 heavy (non-hydrogen) atoms. The van der Waals surface area contributed by atoms with Crippen molar-refractivity contribution in [3.05, 3.63) is 91.4 Å². The summed E-state index contributed by atoms with van der Waals surface area (Å²) in [6.45, 7) is 0.661. The zero-order valence-electron chi connectivity index (χ0n) is 16.5. The summed E-state index contributed by atoms with van der Waals surface area (Å²) < 4.78 is 11.0. The Kier molecular flexibility index (Phi) is 6.86. The minimum Gasteiger partial charge on any atom is -0.467 e. The van der Waals surface area contributed by atoms with Gasteiger partial charge in [-0.05, 0) is 42.5 Å². The molecule has 1 heterocycles. The van der Waals surface area contributed by atoms with Crippen molar-refractivity contribution in [3.8, 4) is 5.75 Å². The number of hydrogen-bond donors (Lipinski definition) is 1. The average Bonchev–Trinajstić information content (AvgIpc) is 2.77. The number of rotatable bonds is 6.